The maximum Gasteiger partial charge on any atom is 0.311 e. The van der Waals surface area contributed by atoms with Crippen molar-refractivity contribution in [3.05, 3.63) is 74.7 Å². The predicted octanol–water partition coefficient (Wildman–Crippen LogP) is 5.91. The highest BCUT2D eigenvalue weighted by atomic mass is 32.1. The second-order valence-corrected chi connectivity index (χ2v) is 17.4. The van der Waals surface area contributed by atoms with E-state index in [4.69, 9.17) is 9.47 Å². The van der Waals surface area contributed by atoms with Crippen LogP contribution in [0.1, 0.15) is 70.7 Å². The zero-order valence-corrected chi connectivity index (χ0v) is 35.1. The van der Waals surface area contributed by atoms with Crippen LogP contribution in [0.5, 0.6) is 5.75 Å². The molecule has 2 aliphatic rings. The first-order valence-electron chi connectivity index (χ1n) is 19.5. The van der Waals surface area contributed by atoms with Gasteiger partial charge >= 0.3 is 5.69 Å². The highest BCUT2D eigenvalue weighted by molar-refractivity contribution is 7.14. The third-order valence-electron chi connectivity index (χ3n) is 10.3. The number of carbonyl (C=O) groups is 3. The number of morpholine rings is 1. The number of hydrogen-bond acceptors (Lipinski definition) is 13. The molecule has 15 nitrogen and oxygen atoms in total. The summed E-state index contributed by atoms with van der Waals surface area (Å²) in [7, 11) is 0. The van der Waals surface area contributed by atoms with Crippen LogP contribution in [-0.4, -0.2) is 100 Å². The van der Waals surface area contributed by atoms with E-state index in [1.165, 1.54) is 22.3 Å². The third-order valence-corrected chi connectivity index (χ3v) is 12.2. The fourth-order valence-electron chi connectivity index (χ4n) is 7.06. The van der Waals surface area contributed by atoms with Gasteiger partial charge in [0.1, 0.15) is 12.1 Å². The Bertz CT molecular complexity index is 2080. The number of benzene rings is 2. The van der Waals surface area contributed by atoms with Crippen molar-refractivity contribution < 1.29 is 33.9 Å². The number of ether oxygens (including phenoxy) is 2. The van der Waals surface area contributed by atoms with E-state index in [0.29, 0.717) is 37.3 Å². The zero-order valence-electron chi connectivity index (χ0n) is 33.4. The van der Waals surface area contributed by atoms with Gasteiger partial charge in [-0.15, -0.1) is 22.7 Å². The van der Waals surface area contributed by atoms with Crippen LogP contribution in [0.3, 0.4) is 0 Å². The minimum absolute atomic E-state index is 0.0274. The molecule has 2 aliphatic heterocycles. The van der Waals surface area contributed by atoms with E-state index < -0.39 is 34.4 Å². The largest absolute Gasteiger partial charge is 0.487 e. The Morgan fingerprint density at radius 1 is 1.07 bits per heavy atom. The van der Waals surface area contributed by atoms with Crippen LogP contribution in [0.4, 0.5) is 10.8 Å². The lowest BCUT2D eigenvalue weighted by Crippen LogP contribution is -2.57. The summed E-state index contributed by atoms with van der Waals surface area (Å²) in [5, 5.41) is 31.2. The molecule has 0 aliphatic carbocycles. The fourth-order valence-corrected chi connectivity index (χ4v) is 8.76. The average Bonchev–Trinajstić information content (AvgIpc) is 3.97. The number of nitro groups is 1. The smallest absolute Gasteiger partial charge is 0.311 e. The number of likely N-dealkylation sites (tertiary alicyclic amines) is 1. The van der Waals surface area contributed by atoms with Crippen LogP contribution in [0.25, 0.3) is 21.7 Å². The molecule has 4 atom stereocenters. The minimum Gasteiger partial charge on any atom is -0.487 e. The Balaban J connectivity index is 0.999. The molecule has 2 aromatic carbocycles. The Kier molecular flexibility index (Phi) is 13.8. The second kappa shape index (κ2) is 18.7. The number of nitrogens with one attached hydrogen (secondary N) is 2. The van der Waals surface area contributed by atoms with Gasteiger partial charge in [-0.05, 0) is 55.4 Å². The molecular weight excluding hydrogens is 783 g/mol. The highest BCUT2D eigenvalue weighted by Crippen LogP contribution is 2.35. The molecule has 310 valence electrons. The summed E-state index contributed by atoms with van der Waals surface area (Å²) in [6.07, 6.45) is 0.121. The molecule has 0 spiro atoms. The van der Waals surface area contributed by atoms with Crippen LogP contribution in [0.2, 0.25) is 0 Å². The number of thiazole rings is 2. The van der Waals surface area contributed by atoms with Crippen LogP contribution in [-0.2, 0) is 19.1 Å². The molecule has 58 heavy (non-hydrogen) atoms. The van der Waals surface area contributed by atoms with Gasteiger partial charge in [0.25, 0.3) is 0 Å². The van der Waals surface area contributed by atoms with E-state index in [1.54, 1.807) is 23.5 Å². The first kappa shape index (κ1) is 42.6. The Morgan fingerprint density at radius 2 is 1.79 bits per heavy atom. The zero-order chi connectivity index (χ0) is 41.6. The van der Waals surface area contributed by atoms with E-state index in [1.807, 2.05) is 69.8 Å². The molecular formula is C41H51N7O8S2. The van der Waals surface area contributed by atoms with Gasteiger partial charge in [-0.2, -0.15) is 0 Å². The van der Waals surface area contributed by atoms with Crippen LogP contribution < -0.4 is 20.3 Å². The molecule has 2 aromatic heterocycles. The molecule has 3 N–H and O–H groups in total. The number of carbonyl (C=O) groups excluding carboxylic acids is 3. The number of nitrogens with zero attached hydrogens (tertiary/aromatic N) is 5. The van der Waals surface area contributed by atoms with Crippen LogP contribution >= 0.6 is 22.7 Å². The van der Waals surface area contributed by atoms with E-state index in [-0.39, 0.29) is 55.3 Å². The molecule has 6 rings (SSSR count). The summed E-state index contributed by atoms with van der Waals surface area (Å²) in [4.78, 5) is 66.0. The number of aryl methyl sites for hydroxylation is 1. The maximum absolute atomic E-state index is 14.1. The normalized spacial score (nSPS) is 18.1. The summed E-state index contributed by atoms with van der Waals surface area (Å²) in [5.41, 5.74) is 5.08. The number of amides is 3. The van der Waals surface area contributed by atoms with Crippen molar-refractivity contribution >= 4 is 51.2 Å². The lowest BCUT2D eigenvalue weighted by Gasteiger charge is -2.35. The first-order valence-corrected chi connectivity index (χ1v) is 21.2. The monoisotopic (exact) mass is 833 g/mol. The third kappa shape index (κ3) is 10.4. The Morgan fingerprint density at radius 3 is 2.47 bits per heavy atom. The van der Waals surface area contributed by atoms with E-state index in [2.05, 4.69) is 25.5 Å². The first-order chi connectivity index (χ1) is 27.7. The Labute approximate surface area is 345 Å². The number of hydrogen-bond donors (Lipinski definition) is 3. The predicted molar refractivity (Wildman–Crippen MR) is 223 cm³/mol. The molecule has 2 saturated heterocycles. The topological polar surface area (TPSA) is 189 Å². The van der Waals surface area contributed by atoms with E-state index >= 15 is 0 Å². The quantitative estimate of drug-likeness (QED) is 0.0734. The summed E-state index contributed by atoms with van der Waals surface area (Å²) in [5.74, 6) is -1.05. The van der Waals surface area contributed by atoms with Gasteiger partial charge < -0.3 is 35.0 Å². The van der Waals surface area contributed by atoms with Gasteiger partial charge in [-0.1, -0.05) is 45.0 Å². The molecule has 3 amide bonds. The van der Waals surface area contributed by atoms with E-state index in [9.17, 15) is 29.6 Å². The Hall–Kier alpha value is -4.97. The van der Waals surface area contributed by atoms with Crippen molar-refractivity contribution in [2.24, 2.45) is 5.41 Å². The molecule has 4 aromatic rings. The number of aliphatic hydroxyl groups is 1. The van der Waals surface area contributed by atoms with Crippen molar-refractivity contribution in [1.29, 1.82) is 0 Å². The van der Waals surface area contributed by atoms with Crippen molar-refractivity contribution in [3.63, 3.8) is 0 Å². The van der Waals surface area contributed by atoms with Crippen LogP contribution in [0, 0.1) is 22.5 Å². The SMILES string of the molecule is Cc1ncsc1-c1ccc(C(C)NC(=O)C2CC(O)CN2C(=O)C(NC(=O)CCCCOc2ccc(-c3csc(N4CCOCC4)n3)cc2[N+](=O)[O-])C(C)(C)C)cc1. The average molecular weight is 834 g/mol. The summed E-state index contributed by atoms with van der Waals surface area (Å²) in [6, 6.07) is 10.5. The van der Waals surface area contributed by atoms with E-state index in [0.717, 1.165) is 39.9 Å². The van der Waals surface area contributed by atoms with Crippen LogP contribution in [0.15, 0.2) is 53.4 Å². The number of aromatic nitrogens is 2. The van der Waals surface area contributed by atoms with Crippen molar-refractivity contribution in [2.75, 3.05) is 44.4 Å². The van der Waals surface area contributed by atoms with Crippen molar-refractivity contribution in [1.82, 2.24) is 25.5 Å². The number of aliphatic hydroxyl groups excluding tert-OH is 1. The molecule has 2 fully saturated rings. The fraction of sp³-hybridized carbons (Fsp3) is 0.488. The molecule has 0 bridgehead atoms. The molecule has 4 heterocycles. The minimum atomic E-state index is -0.958. The van der Waals surface area contributed by atoms with Gasteiger partial charge in [0.15, 0.2) is 10.9 Å². The summed E-state index contributed by atoms with van der Waals surface area (Å²) < 4.78 is 11.2. The second-order valence-electron chi connectivity index (χ2n) is 15.7. The summed E-state index contributed by atoms with van der Waals surface area (Å²) >= 11 is 3.05. The number of β-amino-alcohol motifs (C(OH)–C–C–N with tert-alkyl or cyclic N) is 1. The number of unbranched alkanes of at least 4 members (excludes halogenated alkanes) is 1. The van der Waals surface area contributed by atoms with Gasteiger partial charge in [0, 0.05) is 49.5 Å². The standard InChI is InChI=1S/C41H51N7O8S2/c1-25(27-9-11-28(12-10-27)36-26(2)42-24-58-36)43-38(51)33-21-30(49)22-47(33)39(52)37(41(3,4)5)45-35(50)8-6-7-17-56-34-14-13-29(20-32(34)48(53)54)31-23-57-40(44-31)46-15-18-55-19-16-46/h9-14,20,23-25,30,33,37,49H,6-8,15-19,21-22H2,1-5H3,(H,43,51)(H,45,50). The van der Waals surface area contributed by atoms with Gasteiger partial charge in [-0.25, -0.2) is 9.97 Å². The van der Waals surface area contributed by atoms with Crippen molar-refractivity contribution in [3.8, 4) is 27.4 Å². The molecule has 4 unspecified atom stereocenters. The molecule has 17 heteroatoms. The lowest BCUT2D eigenvalue weighted by molar-refractivity contribution is -0.385. The number of rotatable bonds is 15. The molecule has 0 saturated carbocycles. The maximum atomic E-state index is 14.1. The number of anilines is 1. The number of nitro benzene ring substituents is 1. The van der Waals surface area contributed by atoms with Gasteiger partial charge in [-0.3, -0.25) is 24.5 Å². The van der Waals surface area contributed by atoms with Crippen molar-refractivity contribution in [2.45, 2.75) is 84.5 Å². The lowest BCUT2D eigenvalue weighted by atomic mass is 9.85. The summed E-state index contributed by atoms with van der Waals surface area (Å²) in [6.45, 7) is 12.2. The van der Waals surface area contributed by atoms with Gasteiger partial charge in [0.2, 0.25) is 17.7 Å². The molecule has 0 radical (unpaired) electrons. The van der Waals surface area contributed by atoms with Gasteiger partial charge in [0.05, 0.1) is 58.7 Å². The highest BCUT2D eigenvalue weighted by Gasteiger charge is 2.44.